The second-order valence-corrected chi connectivity index (χ2v) is 7.33. The number of nitrogens with one attached hydrogen (secondary N) is 2. The van der Waals surface area contributed by atoms with E-state index in [2.05, 4.69) is 41.7 Å². The van der Waals surface area contributed by atoms with Gasteiger partial charge in [0.1, 0.15) is 5.65 Å². The monoisotopic (exact) mass is 404 g/mol. The van der Waals surface area contributed by atoms with Crippen molar-refractivity contribution in [1.29, 1.82) is 0 Å². The number of rotatable bonds is 5. The number of hydrogen-bond donors (Lipinski definition) is 2. The maximum absolute atomic E-state index is 12.1. The van der Waals surface area contributed by atoms with Crippen molar-refractivity contribution in [3.8, 4) is 0 Å². The van der Waals surface area contributed by atoms with Crippen LogP contribution in [-0.4, -0.2) is 40.2 Å². The minimum Gasteiger partial charge on any atom is -0.352 e. The van der Waals surface area contributed by atoms with Crippen LogP contribution in [0, 0.1) is 12.8 Å². The van der Waals surface area contributed by atoms with Gasteiger partial charge < -0.3 is 15.0 Å². The molecule has 2 aromatic rings. The Kier molecular flexibility index (Phi) is 9.07. The zero-order valence-electron chi connectivity index (χ0n) is 14.5. The van der Waals surface area contributed by atoms with Gasteiger partial charge in [-0.15, -0.1) is 36.6 Å². The van der Waals surface area contributed by atoms with Gasteiger partial charge in [0.15, 0.2) is 0 Å². The Morgan fingerprint density at radius 1 is 1.40 bits per heavy atom. The number of imidazole rings is 1. The first kappa shape index (κ1) is 22.1. The predicted octanol–water partition coefficient (Wildman–Crippen LogP) is 2.83. The van der Waals surface area contributed by atoms with Gasteiger partial charge in [-0.05, 0) is 44.0 Å². The Hall–Kier alpha value is -0.950. The summed E-state index contributed by atoms with van der Waals surface area (Å²) in [6.45, 7) is 6.23. The summed E-state index contributed by atoms with van der Waals surface area (Å²) in [6, 6.07) is 4.39. The molecular formula is C17H26Cl2N4OS. The number of amides is 1. The van der Waals surface area contributed by atoms with Crippen molar-refractivity contribution >= 4 is 48.1 Å². The van der Waals surface area contributed by atoms with Crippen molar-refractivity contribution in [3.63, 3.8) is 0 Å². The summed E-state index contributed by atoms with van der Waals surface area (Å²) in [4.78, 5) is 16.7. The average Bonchev–Trinajstić information content (AvgIpc) is 2.91. The van der Waals surface area contributed by atoms with Crippen molar-refractivity contribution in [3.05, 3.63) is 35.8 Å². The molecule has 0 bridgehead atoms. The Morgan fingerprint density at radius 2 is 2.20 bits per heavy atom. The first-order chi connectivity index (χ1) is 11.1. The lowest BCUT2D eigenvalue weighted by atomic mass is 9.95. The maximum Gasteiger partial charge on any atom is 0.230 e. The van der Waals surface area contributed by atoms with E-state index < -0.39 is 0 Å². The minimum absolute atomic E-state index is 0. The third-order valence-electron chi connectivity index (χ3n) is 4.26. The quantitative estimate of drug-likeness (QED) is 0.803. The molecule has 2 aromatic heterocycles. The number of aromatic nitrogens is 2. The zero-order valence-corrected chi connectivity index (χ0v) is 17.0. The molecule has 25 heavy (non-hydrogen) atoms. The van der Waals surface area contributed by atoms with Crippen LogP contribution in [0.4, 0.5) is 0 Å². The van der Waals surface area contributed by atoms with Gasteiger partial charge in [-0.2, -0.15) is 0 Å². The van der Waals surface area contributed by atoms with Crippen molar-refractivity contribution in [2.24, 2.45) is 5.92 Å². The number of piperidine rings is 1. The number of thioether (sulfide) groups is 1. The molecule has 2 atom stereocenters. The van der Waals surface area contributed by atoms with Gasteiger partial charge in [0.25, 0.3) is 0 Å². The molecule has 0 spiro atoms. The predicted molar refractivity (Wildman–Crippen MR) is 109 cm³/mol. The number of hydrogen-bond acceptors (Lipinski definition) is 4. The maximum atomic E-state index is 12.1. The highest BCUT2D eigenvalue weighted by atomic mass is 35.5. The lowest BCUT2D eigenvalue weighted by Gasteiger charge is -2.30. The molecule has 1 amide bonds. The van der Waals surface area contributed by atoms with Gasteiger partial charge in [-0.25, -0.2) is 4.98 Å². The third kappa shape index (κ3) is 6.06. The summed E-state index contributed by atoms with van der Waals surface area (Å²) in [6.07, 6.45) is 5.13. The van der Waals surface area contributed by atoms with Gasteiger partial charge in [0.05, 0.1) is 11.4 Å². The standard InChI is InChI=1S/C17H24N4OS.2ClH/c1-12-3-4-16-19-14(9-21(16)8-12)10-23-11-17(22)20-15-5-6-18-7-13(15)2;;/h3-4,8-9,13,15,18H,5-7,10-11H2,1-2H3,(H,20,22);2*1H. The fraction of sp³-hybridized carbons (Fsp3) is 0.529. The smallest absolute Gasteiger partial charge is 0.230 e. The fourth-order valence-corrected chi connectivity index (χ4v) is 3.67. The molecule has 5 nitrogen and oxygen atoms in total. The zero-order chi connectivity index (χ0) is 16.2. The molecule has 1 aliphatic rings. The van der Waals surface area contributed by atoms with Crippen molar-refractivity contribution in [2.45, 2.75) is 32.1 Å². The number of halogens is 2. The van der Waals surface area contributed by atoms with E-state index in [0.29, 0.717) is 17.7 Å². The molecule has 8 heteroatoms. The van der Waals surface area contributed by atoms with E-state index in [1.165, 1.54) is 5.56 Å². The number of fused-ring (bicyclic) bond motifs is 1. The summed E-state index contributed by atoms with van der Waals surface area (Å²) >= 11 is 1.62. The fourth-order valence-electron chi connectivity index (χ4n) is 2.95. The third-order valence-corrected chi connectivity index (χ3v) is 5.23. The highest BCUT2D eigenvalue weighted by molar-refractivity contribution is 7.99. The molecule has 1 aliphatic heterocycles. The number of aryl methyl sites for hydroxylation is 1. The minimum atomic E-state index is 0. The highest BCUT2D eigenvalue weighted by Gasteiger charge is 2.22. The van der Waals surface area contributed by atoms with Crippen LogP contribution < -0.4 is 10.6 Å². The largest absolute Gasteiger partial charge is 0.352 e. The SMILES string of the molecule is Cc1ccc2nc(CSCC(=O)NC3CCNCC3C)cn2c1.Cl.Cl. The van der Waals surface area contributed by atoms with Gasteiger partial charge in [-0.1, -0.05) is 13.0 Å². The Bertz CT molecular complexity index is 694. The summed E-state index contributed by atoms with van der Waals surface area (Å²) in [5, 5.41) is 6.52. The molecule has 0 aliphatic carbocycles. The summed E-state index contributed by atoms with van der Waals surface area (Å²) in [7, 11) is 0. The Labute approximate surface area is 165 Å². The molecule has 0 aromatic carbocycles. The molecule has 2 unspecified atom stereocenters. The second kappa shape index (κ2) is 10.3. The van der Waals surface area contributed by atoms with Gasteiger partial charge in [0.2, 0.25) is 5.91 Å². The molecule has 140 valence electrons. The second-order valence-electron chi connectivity index (χ2n) is 6.34. The van der Waals surface area contributed by atoms with E-state index in [1.807, 2.05) is 16.7 Å². The highest BCUT2D eigenvalue weighted by Crippen LogP contribution is 2.15. The van der Waals surface area contributed by atoms with Crippen LogP contribution in [0.25, 0.3) is 5.65 Å². The van der Waals surface area contributed by atoms with Crippen LogP contribution in [0.3, 0.4) is 0 Å². The van der Waals surface area contributed by atoms with E-state index in [1.54, 1.807) is 11.8 Å². The molecule has 1 fully saturated rings. The molecule has 0 saturated carbocycles. The van der Waals surface area contributed by atoms with Gasteiger partial charge in [0, 0.05) is 24.2 Å². The van der Waals surface area contributed by atoms with Crippen LogP contribution in [0.1, 0.15) is 24.6 Å². The molecule has 1 saturated heterocycles. The van der Waals surface area contributed by atoms with Crippen molar-refractivity contribution in [2.75, 3.05) is 18.8 Å². The number of carbonyl (C=O) groups is 1. The number of carbonyl (C=O) groups excluding carboxylic acids is 1. The van der Waals surface area contributed by atoms with Gasteiger partial charge >= 0.3 is 0 Å². The average molecular weight is 405 g/mol. The summed E-state index contributed by atoms with van der Waals surface area (Å²) in [5.74, 6) is 1.88. The van der Waals surface area contributed by atoms with Crippen LogP contribution >= 0.6 is 36.6 Å². The topological polar surface area (TPSA) is 58.4 Å². The Morgan fingerprint density at radius 3 is 2.96 bits per heavy atom. The van der Waals surface area contributed by atoms with E-state index in [9.17, 15) is 4.79 Å². The van der Waals surface area contributed by atoms with Gasteiger partial charge in [-0.3, -0.25) is 4.79 Å². The first-order valence-electron chi connectivity index (χ1n) is 8.14. The lowest BCUT2D eigenvalue weighted by Crippen LogP contribution is -2.48. The molecule has 0 radical (unpaired) electrons. The van der Waals surface area contributed by atoms with Crippen molar-refractivity contribution in [1.82, 2.24) is 20.0 Å². The molecular weight excluding hydrogens is 379 g/mol. The van der Waals surface area contributed by atoms with E-state index >= 15 is 0 Å². The van der Waals surface area contributed by atoms with E-state index in [0.717, 1.165) is 36.6 Å². The van der Waals surface area contributed by atoms with E-state index in [-0.39, 0.29) is 30.7 Å². The van der Waals surface area contributed by atoms with Crippen LogP contribution in [0.5, 0.6) is 0 Å². The Balaban J connectivity index is 0.00000156. The lowest BCUT2D eigenvalue weighted by molar-refractivity contribution is -0.119. The normalized spacial score (nSPS) is 19.8. The van der Waals surface area contributed by atoms with Crippen LogP contribution in [-0.2, 0) is 10.5 Å². The number of nitrogens with zero attached hydrogens (tertiary/aromatic N) is 2. The first-order valence-corrected chi connectivity index (χ1v) is 9.29. The molecule has 3 rings (SSSR count). The summed E-state index contributed by atoms with van der Waals surface area (Å²) in [5.41, 5.74) is 3.19. The van der Waals surface area contributed by atoms with Crippen LogP contribution in [0.15, 0.2) is 24.5 Å². The van der Waals surface area contributed by atoms with E-state index in [4.69, 9.17) is 0 Å². The summed E-state index contributed by atoms with van der Waals surface area (Å²) < 4.78 is 2.04. The molecule has 2 N–H and O–H groups in total. The molecule has 3 heterocycles. The van der Waals surface area contributed by atoms with Crippen molar-refractivity contribution < 1.29 is 4.79 Å². The number of pyridine rings is 1. The van der Waals surface area contributed by atoms with Crippen LogP contribution in [0.2, 0.25) is 0 Å².